The number of hydrogen-bond donors (Lipinski definition) is 3. The molecule has 8 heteroatoms. The van der Waals surface area contributed by atoms with Gasteiger partial charge >= 0.3 is 0 Å². The number of para-hydroxylation sites is 1. The number of imidazole rings is 1. The highest BCUT2D eigenvalue weighted by atomic mass is 16.3. The highest BCUT2D eigenvalue weighted by molar-refractivity contribution is 5.81. The summed E-state index contributed by atoms with van der Waals surface area (Å²) in [7, 11) is 0. The van der Waals surface area contributed by atoms with Gasteiger partial charge in [-0.15, -0.1) is 0 Å². The fourth-order valence-corrected chi connectivity index (χ4v) is 3.84. The molecule has 3 heterocycles. The average molecular weight is 424 g/mol. The Hall–Kier alpha value is -2.71. The SMILES string of the molecule is CCC(C)(C)Nc1nc(C)c2nc(-c3ccccc3O)n(CCN3CCNCC3)c2n1. The quantitative estimate of drug-likeness (QED) is 0.538. The Morgan fingerprint density at radius 1 is 1.10 bits per heavy atom. The first-order valence-electron chi connectivity index (χ1n) is 11.1. The first-order valence-corrected chi connectivity index (χ1v) is 11.1. The van der Waals surface area contributed by atoms with E-state index < -0.39 is 0 Å². The van der Waals surface area contributed by atoms with Crippen molar-refractivity contribution in [1.82, 2.24) is 29.7 Å². The molecule has 8 nitrogen and oxygen atoms in total. The summed E-state index contributed by atoms with van der Waals surface area (Å²) in [6.45, 7) is 14.1. The molecule has 166 valence electrons. The molecule has 31 heavy (non-hydrogen) atoms. The molecule has 2 aromatic heterocycles. The van der Waals surface area contributed by atoms with E-state index in [1.165, 1.54) is 0 Å². The van der Waals surface area contributed by atoms with Crippen LogP contribution in [0.4, 0.5) is 5.95 Å². The summed E-state index contributed by atoms with van der Waals surface area (Å²) in [4.78, 5) is 16.9. The van der Waals surface area contributed by atoms with Crippen LogP contribution in [0.5, 0.6) is 5.75 Å². The second-order valence-electron chi connectivity index (χ2n) is 8.86. The molecule has 1 aliphatic heterocycles. The van der Waals surface area contributed by atoms with Crippen LogP contribution in [0.15, 0.2) is 24.3 Å². The van der Waals surface area contributed by atoms with Crippen LogP contribution in [-0.4, -0.2) is 67.8 Å². The van der Waals surface area contributed by atoms with E-state index in [-0.39, 0.29) is 11.3 Å². The average Bonchev–Trinajstić information content (AvgIpc) is 3.12. The van der Waals surface area contributed by atoms with Crippen molar-refractivity contribution in [2.24, 2.45) is 0 Å². The van der Waals surface area contributed by atoms with Crippen LogP contribution in [0.1, 0.15) is 32.9 Å². The number of phenols is 1. The number of fused-ring (bicyclic) bond motifs is 1. The van der Waals surface area contributed by atoms with Gasteiger partial charge in [0.25, 0.3) is 0 Å². The van der Waals surface area contributed by atoms with Crippen molar-refractivity contribution in [2.45, 2.75) is 46.2 Å². The lowest BCUT2D eigenvalue weighted by molar-refractivity contribution is 0.233. The van der Waals surface area contributed by atoms with Gasteiger partial charge in [-0.25, -0.2) is 9.97 Å². The number of nitrogens with zero attached hydrogens (tertiary/aromatic N) is 5. The first-order chi connectivity index (χ1) is 14.9. The summed E-state index contributed by atoms with van der Waals surface area (Å²) >= 11 is 0. The van der Waals surface area contributed by atoms with Gasteiger partial charge in [-0.1, -0.05) is 19.1 Å². The summed E-state index contributed by atoms with van der Waals surface area (Å²) in [5, 5.41) is 17.4. The predicted molar refractivity (Wildman–Crippen MR) is 124 cm³/mol. The lowest BCUT2D eigenvalue weighted by atomic mass is 10.0. The third-order valence-corrected chi connectivity index (χ3v) is 6.10. The maximum atomic E-state index is 10.5. The molecule has 0 bridgehead atoms. The highest BCUT2D eigenvalue weighted by Gasteiger charge is 2.22. The number of hydrogen-bond acceptors (Lipinski definition) is 7. The number of aromatic hydroxyl groups is 1. The molecule has 3 N–H and O–H groups in total. The van der Waals surface area contributed by atoms with Crippen molar-refractivity contribution in [3.63, 3.8) is 0 Å². The zero-order valence-corrected chi connectivity index (χ0v) is 18.9. The predicted octanol–water partition coefficient (Wildman–Crippen LogP) is 3.01. The van der Waals surface area contributed by atoms with E-state index in [2.05, 4.69) is 45.9 Å². The molecule has 1 aromatic carbocycles. The molecule has 3 aromatic rings. The number of piperazine rings is 1. The smallest absolute Gasteiger partial charge is 0.225 e. The molecule has 1 saturated heterocycles. The normalized spacial score (nSPS) is 15.5. The molecule has 0 atom stereocenters. The van der Waals surface area contributed by atoms with Crippen molar-refractivity contribution in [3.8, 4) is 17.1 Å². The second kappa shape index (κ2) is 8.80. The number of rotatable bonds is 7. The molecular formula is C23H33N7O. The van der Waals surface area contributed by atoms with Gasteiger partial charge < -0.3 is 20.3 Å². The number of anilines is 1. The summed E-state index contributed by atoms with van der Waals surface area (Å²) in [5.74, 6) is 1.56. The van der Waals surface area contributed by atoms with Crippen LogP contribution in [-0.2, 0) is 6.54 Å². The minimum atomic E-state index is -0.105. The van der Waals surface area contributed by atoms with Gasteiger partial charge in [-0.05, 0) is 39.3 Å². The van der Waals surface area contributed by atoms with Crippen LogP contribution in [0.3, 0.4) is 0 Å². The summed E-state index contributed by atoms with van der Waals surface area (Å²) in [5.41, 5.74) is 3.01. The molecule has 1 fully saturated rings. The van der Waals surface area contributed by atoms with Gasteiger partial charge in [0.1, 0.15) is 17.1 Å². The lowest BCUT2D eigenvalue weighted by Gasteiger charge is -2.27. The number of nitrogens with one attached hydrogen (secondary N) is 2. The Morgan fingerprint density at radius 3 is 2.55 bits per heavy atom. The zero-order valence-electron chi connectivity index (χ0n) is 18.9. The second-order valence-corrected chi connectivity index (χ2v) is 8.86. The Kier molecular flexibility index (Phi) is 6.11. The van der Waals surface area contributed by atoms with Gasteiger partial charge in [0.15, 0.2) is 5.65 Å². The van der Waals surface area contributed by atoms with E-state index in [1.807, 2.05) is 25.1 Å². The van der Waals surface area contributed by atoms with E-state index in [0.717, 1.165) is 68.4 Å². The Morgan fingerprint density at radius 2 is 1.84 bits per heavy atom. The minimum Gasteiger partial charge on any atom is -0.507 e. The van der Waals surface area contributed by atoms with Crippen LogP contribution in [0.2, 0.25) is 0 Å². The minimum absolute atomic E-state index is 0.105. The third kappa shape index (κ3) is 4.65. The summed E-state index contributed by atoms with van der Waals surface area (Å²) in [6, 6.07) is 7.35. The van der Waals surface area contributed by atoms with Crippen LogP contribution < -0.4 is 10.6 Å². The van der Waals surface area contributed by atoms with Crippen molar-refractivity contribution in [1.29, 1.82) is 0 Å². The van der Waals surface area contributed by atoms with E-state index in [4.69, 9.17) is 9.97 Å². The van der Waals surface area contributed by atoms with Crippen LogP contribution in [0, 0.1) is 6.92 Å². The molecule has 1 aliphatic rings. The van der Waals surface area contributed by atoms with Crippen molar-refractivity contribution in [2.75, 3.05) is 38.0 Å². The van der Waals surface area contributed by atoms with E-state index in [9.17, 15) is 5.11 Å². The molecule has 0 aliphatic carbocycles. The summed E-state index contributed by atoms with van der Waals surface area (Å²) in [6.07, 6.45) is 0.957. The Bertz CT molecular complexity index is 1050. The lowest BCUT2D eigenvalue weighted by Crippen LogP contribution is -2.44. The molecular weight excluding hydrogens is 390 g/mol. The summed E-state index contributed by atoms with van der Waals surface area (Å²) < 4.78 is 2.13. The van der Waals surface area contributed by atoms with Crippen molar-refractivity contribution in [3.05, 3.63) is 30.0 Å². The fraction of sp³-hybridized carbons (Fsp3) is 0.522. The molecule has 0 amide bonds. The Balaban J connectivity index is 1.79. The van der Waals surface area contributed by atoms with Crippen molar-refractivity contribution < 1.29 is 5.11 Å². The standard InChI is InChI=1S/C23H33N7O/c1-5-23(3,4)28-22-25-16(2)19-21(27-22)30(15-14-29-12-10-24-11-13-29)20(26-19)17-8-6-7-9-18(17)31/h6-9,24,31H,5,10-15H2,1-4H3,(H,25,27,28). The number of aromatic nitrogens is 4. The fourth-order valence-electron chi connectivity index (χ4n) is 3.84. The van der Waals surface area contributed by atoms with E-state index in [1.54, 1.807) is 6.07 Å². The molecule has 0 saturated carbocycles. The number of benzene rings is 1. The van der Waals surface area contributed by atoms with Gasteiger partial charge in [0.05, 0.1) is 11.3 Å². The number of phenolic OH excluding ortho intramolecular Hbond substituents is 1. The highest BCUT2D eigenvalue weighted by Crippen LogP contribution is 2.32. The third-order valence-electron chi connectivity index (χ3n) is 6.10. The van der Waals surface area contributed by atoms with Gasteiger partial charge in [-0.2, -0.15) is 4.98 Å². The van der Waals surface area contributed by atoms with Gasteiger partial charge in [0, 0.05) is 44.8 Å². The largest absolute Gasteiger partial charge is 0.507 e. The van der Waals surface area contributed by atoms with E-state index in [0.29, 0.717) is 11.5 Å². The maximum absolute atomic E-state index is 10.5. The van der Waals surface area contributed by atoms with Crippen molar-refractivity contribution >= 4 is 17.1 Å². The van der Waals surface area contributed by atoms with Crippen LogP contribution >= 0.6 is 0 Å². The van der Waals surface area contributed by atoms with Gasteiger partial charge in [-0.3, -0.25) is 4.90 Å². The van der Waals surface area contributed by atoms with E-state index >= 15 is 0 Å². The first kappa shape index (κ1) is 21.5. The van der Waals surface area contributed by atoms with Crippen LogP contribution in [0.25, 0.3) is 22.6 Å². The Labute approximate surface area is 183 Å². The zero-order chi connectivity index (χ0) is 22.0. The topological polar surface area (TPSA) is 91.1 Å². The monoisotopic (exact) mass is 423 g/mol. The molecule has 0 spiro atoms. The molecule has 0 unspecified atom stereocenters. The number of aryl methyl sites for hydroxylation is 1. The molecule has 0 radical (unpaired) electrons. The maximum Gasteiger partial charge on any atom is 0.225 e. The van der Waals surface area contributed by atoms with Gasteiger partial charge in [0.2, 0.25) is 5.95 Å². The molecule has 4 rings (SSSR count).